The van der Waals surface area contributed by atoms with Crippen molar-refractivity contribution in [1.29, 1.82) is 0 Å². The molecule has 0 aliphatic heterocycles. The second kappa shape index (κ2) is 6.53. The third-order valence-corrected chi connectivity index (χ3v) is 3.47. The Morgan fingerprint density at radius 1 is 1.15 bits per heavy atom. The quantitative estimate of drug-likeness (QED) is 0.780. The number of nitrogens with one attached hydrogen (secondary N) is 1. The van der Waals surface area contributed by atoms with Gasteiger partial charge in [-0.25, -0.2) is 0 Å². The molecule has 3 nitrogen and oxygen atoms in total. The van der Waals surface area contributed by atoms with Gasteiger partial charge in [-0.3, -0.25) is 0 Å². The van der Waals surface area contributed by atoms with Crippen LogP contribution in [0.1, 0.15) is 18.9 Å². The fraction of sp³-hybridized carbons (Fsp3) is 0.250. The Morgan fingerprint density at radius 3 is 2.60 bits per heavy atom. The number of hydrogen-bond acceptors (Lipinski definition) is 3. The molecule has 2 aromatic carbocycles. The van der Waals surface area contributed by atoms with Crippen LogP contribution < -0.4 is 15.8 Å². The van der Waals surface area contributed by atoms with Crippen LogP contribution in [0, 0.1) is 6.92 Å². The molecule has 0 heterocycles. The highest BCUT2D eigenvalue weighted by atomic mass is 35.5. The zero-order valence-corrected chi connectivity index (χ0v) is 12.5. The van der Waals surface area contributed by atoms with Crippen molar-refractivity contribution in [2.45, 2.75) is 20.3 Å². The fourth-order valence-electron chi connectivity index (χ4n) is 1.88. The lowest BCUT2D eigenvalue weighted by Crippen LogP contribution is -2.02. The van der Waals surface area contributed by atoms with Crippen molar-refractivity contribution < 1.29 is 4.74 Å². The van der Waals surface area contributed by atoms with Crippen LogP contribution in [-0.4, -0.2) is 6.61 Å². The number of rotatable bonds is 5. The number of hydrogen-bond donors (Lipinski definition) is 2. The van der Waals surface area contributed by atoms with E-state index in [0.29, 0.717) is 18.0 Å². The Hall–Kier alpha value is -1.87. The zero-order chi connectivity index (χ0) is 14.5. The summed E-state index contributed by atoms with van der Waals surface area (Å²) in [5.41, 5.74) is 9.51. The first kappa shape index (κ1) is 14.5. The van der Waals surface area contributed by atoms with E-state index in [1.807, 2.05) is 43.3 Å². The van der Waals surface area contributed by atoms with Crippen molar-refractivity contribution in [1.82, 2.24) is 0 Å². The van der Waals surface area contributed by atoms with Gasteiger partial charge in [-0.1, -0.05) is 30.7 Å². The molecule has 0 atom stereocenters. The number of anilines is 3. The van der Waals surface area contributed by atoms with Gasteiger partial charge in [0, 0.05) is 10.7 Å². The van der Waals surface area contributed by atoms with Gasteiger partial charge in [0.1, 0.15) is 5.75 Å². The van der Waals surface area contributed by atoms with Crippen LogP contribution in [-0.2, 0) is 0 Å². The highest BCUT2D eigenvalue weighted by Gasteiger charge is 2.08. The standard InChI is InChI=1S/C16H19ClN2O/c1-3-10-20-15-9-5-8-14(16(15)18)19-13-7-4-6-12(17)11(13)2/h4-9,19H,3,10,18H2,1-2H3. The van der Waals surface area contributed by atoms with Crippen molar-refractivity contribution in [2.24, 2.45) is 0 Å². The third-order valence-electron chi connectivity index (χ3n) is 3.06. The Kier molecular flexibility index (Phi) is 4.74. The molecule has 2 rings (SSSR count). The number of benzene rings is 2. The maximum atomic E-state index is 6.14. The van der Waals surface area contributed by atoms with E-state index in [1.165, 1.54) is 0 Å². The van der Waals surface area contributed by atoms with E-state index in [1.54, 1.807) is 0 Å². The van der Waals surface area contributed by atoms with E-state index in [9.17, 15) is 0 Å². The van der Waals surface area contributed by atoms with E-state index in [-0.39, 0.29) is 0 Å². The van der Waals surface area contributed by atoms with E-state index >= 15 is 0 Å². The Bertz CT molecular complexity index is 599. The second-order valence-electron chi connectivity index (χ2n) is 4.60. The predicted octanol–water partition coefficient (Wildman–Crippen LogP) is 4.76. The SMILES string of the molecule is CCCOc1cccc(Nc2cccc(Cl)c2C)c1N. The number of nitrogens with two attached hydrogens (primary N) is 1. The lowest BCUT2D eigenvalue weighted by molar-refractivity contribution is 0.319. The molecule has 0 fully saturated rings. The van der Waals surface area contributed by atoms with Crippen LogP contribution >= 0.6 is 11.6 Å². The minimum atomic E-state index is 0.611. The zero-order valence-electron chi connectivity index (χ0n) is 11.7. The van der Waals surface area contributed by atoms with E-state index in [4.69, 9.17) is 22.1 Å². The summed E-state index contributed by atoms with van der Waals surface area (Å²) in [6, 6.07) is 11.5. The molecule has 0 saturated heterocycles. The summed E-state index contributed by atoms with van der Waals surface area (Å²) in [4.78, 5) is 0. The van der Waals surface area contributed by atoms with Crippen LogP contribution in [0.3, 0.4) is 0 Å². The minimum Gasteiger partial charge on any atom is -0.491 e. The summed E-state index contributed by atoms with van der Waals surface area (Å²) < 4.78 is 5.63. The van der Waals surface area contributed by atoms with Crippen molar-refractivity contribution in [2.75, 3.05) is 17.7 Å². The van der Waals surface area contributed by atoms with Gasteiger partial charge in [0.15, 0.2) is 0 Å². The lowest BCUT2D eigenvalue weighted by atomic mass is 10.1. The average molecular weight is 291 g/mol. The Balaban J connectivity index is 2.27. The number of halogens is 1. The van der Waals surface area contributed by atoms with Gasteiger partial charge in [-0.15, -0.1) is 0 Å². The maximum Gasteiger partial charge on any atom is 0.144 e. The second-order valence-corrected chi connectivity index (χ2v) is 5.01. The van der Waals surface area contributed by atoms with Gasteiger partial charge in [-0.05, 0) is 43.2 Å². The molecule has 0 spiro atoms. The van der Waals surface area contributed by atoms with Gasteiger partial charge in [0.2, 0.25) is 0 Å². The van der Waals surface area contributed by atoms with Crippen LogP contribution in [0.4, 0.5) is 17.1 Å². The number of ether oxygens (including phenoxy) is 1. The highest BCUT2D eigenvalue weighted by molar-refractivity contribution is 6.31. The van der Waals surface area contributed by atoms with Crippen molar-refractivity contribution in [3.8, 4) is 5.75 Å². The van der Waals surface area contributed by atoms with Gasteiger partial charge >= 0.3 is 0 Å². The van der Waals surface area contributed by atoms with Crippen molar-refractivity contribution in [3.63, 3.8) is 0 Å². The van der Waals surface area contributed by atoms with E-state index < -0.39 is 0 Å². The van der Waals surface area contributed by atoms with Crippen LogP contribution in [0.25, 0.3) is 0 Å². The van der Waals surface area contributed by atoms with Crippen LogP contribution in [0.2, 0.25) is 5.02 Å². The molecular weight excluding hydrogens is 272 g/mol. The Labute approximate surface area is 124 Å². The van der Waals surface area contributed by atoms with Gasteiger partial charge in [0.05, 0.1) is 18.0 Å². The molecule has 3 N–H and O–H groups in total. The first-order chi connectivity index (χ1) is 9.63. The first-order valence-electron chi connectivity index (χ1n) is 6.67. The number of nitrogen functional groups attached to an aromatic ring is 1. The van der Waals surface area contributed by atoms with Crippen molar-refractivity contribution >= 4 is 28.7 Å². The lowest BCUT2D eigenvalue weighted by Gasteiger charge is -2.15. The summed E-state index contributed by atoms with van der Waals surface area (Å²) in [7, 11) is 0. The smallest absolute Gasteiger partial charge is 0.144 e. The maximum absolute atomic E-state index is 6.14. The summed E-state index contributed by atoms with van der Waals surface area (Å²) >= 11 is 6.12. The largest absolute Gasteiger partial charge is 0.491 e. The summed E-state index contributed by atoms with van der Waals surface area (Å²) in [6.45, 7) is 4.69. The molecule has 0 amide bonds. The molecule has 0 aliphatic rings. The fourth-order valence-corrected chi connectivity index (χ4v) is 2.05. The normalized spacial score (nSPS) is 10.3. The topological polar surface area (TPSA) is 47.3 Å². The molecule has 0 bridgehead atoms. The molecule has 0 aliphatic carbocycles. The molecule has 0 radical (unpaired) electrons. The van der Waals surface area contributed by atoms with E-state index in [2.05, 4.69) is 12.2 Å². The average Bonchev–Trinajstić information content (AvgIpc) is 2.44. The van der Waals surface area contributed by atoms with E-state index in [0.717, 1.165) is 28.4 Å². The molecule has 2 aromatic rings. The monoisotopic (exact) mass is 290 g/mol. The minimum absolute atomic E-state index is 0.611. The highest BCUT2D eigenvalue weighted by Crippen LogP contribution is 2.33. The molecule has 20 heavy (non-hydrogen) atoms. The van der Waals surface area contributed by atoms with Gasteiger partial charge < -0.3 is 15.8 Å². The molecule has 4 heteroatoms. The van der Waals surface area contributed by atoms with Crippen LogP contribution in [0.15, 0.2) is 36.4 Å². The van der Waals surface area contributed by atoms with Crippen LogP contribution in [0.5, 0.6) is 5.75 Å². The summed E-state index contributed by atoms with van der Waals surface area (Å²) in [6.07, 6.45) is 0.949. The predicted molar refractivity (Wildman–Crippen MR) is 86.1 cm³/mol. The number of para-hydroxylation sites is 1. The molecule has 0 aromatic heterocycles. The summed E-state index contributed by atoms with van der Waals surface area (Å²) in [5.74, 6) is 0.705. The summed E-state index contributed by atoms with van der Waals surface area (Å²) in [5, 5.41) is 4.04. The molecule has 0 unspecified atom stereocenters. The van der Waals surface area contributed by atoms with Crippen molar-refractivity contribution in [3.05, 3.63) is 47.0 Å². The Morgan fingerprint density at radius 2 is 1.85 bits per heavy atom. The molecule has 0 saturated carbocycles. The first-order valence-corrected chi connectivity index (χ1v) is 7.04. The van der Waals surface area contributed by atoms with Gasteiger partial charge in [0.25, 0.3) is 0 Å². The molecule has 106 valence electrons. The van der Waals surface area contributed by atoms with Gasteiger partial charge in [-0.2, -0.15) is 0 Å². The molecular formula is C16H19ClN2O. The third kappa shape index (κ3) is 3.17.